The van der Waals surface area contributed by atoms with E-state index in [0.29, 0.717) is 0 Å². The highest BCUT2D eigenvalue weighted by Gasteiger charge is 2.18. The third kappa shape index (κ3) is 5.17. The number of hydrogen-bond donors (Lipinski definition) is 1. The van der Waals surface area contributed by atoms with Crippen LogP contribution in [-0.2, 0) is 12.0 Å². The van der Waals surface area contributed by atoms with Gasteiger partial charge in [0.15, 0.2) is 0 Å². The minimum absolute atomic E-state index is 0.202. The second-order valence-electron chi connectivity index (χ2n) is 7.98. The summed E-state index contributed by atoms with van der Waals surface area (Å²) >= 11 is 0. The second-order valence-corrected chi connectivity index (χ2v) is 7.98. The first-order valence-electron chi connectivity index (χ1n) is 9.28. The van der Waals surface area contributed by atoms with E-state index < -0.39 is 0 Å². The Bertz CT molecular complexity index is 675. The van der Waals surface area contributed by atoms with Gasteiger partial charge in [0.2, 0.25) is 0 Å². The van der Waals surface area contributed by atoms with Crippen LogP contribution in [0.2, 0.25) is 0 Å². The minimum Gasteiger partial charge on any atom is -0.328 e. The van der Waals surface area contributed by atoms with Crippen LogP contribution in [0.3, 0.4) is 0 Å². The quantitative estimate of drug-likeness (QED) is 0.851. The number of hydrazone groups is 1. The molecule has 3 nitrogen and oxygen atoms in total. The molecule has 3 heteroatoms. The van der Waals surface area contributed by atoms with E-state index in [1.54, 1.807) is 4.90 Å². The number of nitrogens with zero attached hydrogens (tertiary/aromatic N) is 2. The number of piperazine rings is 1. The van der Waals surface area contributed by atoms with Crippen molar-refractivity contribution in [2.24, 2.45) is 5.10 Å². The molecule has 1 aliphatic heterocycles. The van der Waals surface area contributed by atoms with E-state index in [9.17, 15) is 0 Å². The SMILES string of the molecule is CC(C)(C)c1ccc(/C=N\N2CC[NH+](Cc3ccccc3)CC2)cc1. The smallest absolute Gasteiger partial charge is 0.103 e. The molecule has 1 N–H and O–H groups in total. The summed E-state index contributed by atoms with van der Waals surface area (Å²) in [6, 6.07) is 19.5. The highest BCUT2D eigenvalue weighted by atomic mass is 15.5. The van der Waals surface area contributed by atoms with Gasteiger partial charge in [0.1, 0.15) is 6.54 Å². The average molecular weight is 337 g/mol. The van der Waals surface area contributed by atoms with Gasteiger partial charge in [-0.05, 0) is 16.5 Å². The van der Waals surface area contributed by atoms with Gasteiger partial charge in [-0.1, -0.05) is 75.4 Å². The summed E-state index contributed by atoms with van der Waals surface area (Å²) in [5.41, 5.74) is 4.16. The van der Waals surface area contributed by atoms with Crippen LogP contribution < -0.4 is 4.90 Å². The Labute approximate surface area is 152 Å². The van der Waals surface area contributed by atoms with Gasteiger partial charge in [-0.25, -0.2) is 0 Å². The Kier molecular flexibility index (Phi) is 5.54. The predicted octanol–water partition coefficient (Wildman–Crippen LogP) is 2.72. The third-order valence-electron chi connectivity index (χ3n) is 4.89. The lowest BCUT2D eigenvalue weighted by molar-refractivity contribution is -0.918. The molecule has 1 saturated heterocycles. The van der Waals surface area contributed by atoms with E-state index >= 15 is 0 Å². The summed E-state index contributed by atoms with van der Waals surface area (Å²) in [6.45, 7) is 12.2. The Morgan fingerprint density at radius 1 is 0.960 bits per heavy atom. The van der Waals surface area contributed by atoms with Crippen molar-refractivity contribution >= 4 is 6.21 Å². The highest BCUT2D eigenvalue weighted by Crippen LogP contribution is 2.21. The first-order valence-corrected chi connectivity index (χ1v) is 9.28. The van der Waals surface area contributed by atoms with Gasteiger partial charge in [0.25, 0.3) is 0 Å². The Hall–Kier alpha value is -2.13. The molecule has 0 saturated carbocycles. The van der Waals surface area contributed by atoms with Gasteiger partial charge in [0.05, 0.1) is 32.4 Å². The fourth-order valence-electron chi connectivity index (χ4n) is 3.21. The van der Waals surface area contributed by atoms with Crippen molar-refractivity contribution in [2.75, 3.05) is 26.2 Å². The molecule has 1 fully saturated rings. The molecule has 0 aromatic heterocycles. The van der Waals surface area contributed by atoms with Gasteiger partial charge in [-0.2, -0.15) is 5.10 Å². The number of nitrogens with one attached hydrogen (secondary N) is 1. The first-order chi connectivity index (χ1) is 12.0. The lowest BCUT2D eigenvalue weighted by Gasteiger charge is -2.30. The Balaban J connectivity index is 1.49. The van der Waals surface area contributed by atoms with Crippen molar-refractivity contribution in [3.63, 3.8) is 0 Å². The van der Waals surface area contributed by atoms with Gasteiger partial charge in [0, 0.05) is 5.56 Å². The van der Waals surface area contributed by atoms with Crippen LogP contribution in [0.15, 0.2) is 59.7 Å². The standard InChI is InChI=1S/C22H29N3/c1-22(2,3)21-11-9-19(10-12-21)17-23-25-15-13-24(14-16-25)18-20-7-5-4-6-8-20/h4-12,17H,13-16,18H2,1-3H3/p+1/b23-17-. The molecule has 0 radical (unpaired) electrons. The van der Waals surface area contributed by atoms with Crippen molar-refractivity contribution in [2.45, 2.75) is 32.7 Å². The average Bonchev–Trinajstić information content (AvgIpc) is 2.62. The van der Waals surface area contributed by atoms with E-state index in [4.69, 9.17) is 0 Å². The van der Waals surface area contributed by atoms with Crippen LogP contribution >= 0.6 is 0 Å². The van der Waals surface area contributed by atoms with Crippen LogP contribution in [0.4, 0.5) is 0 Å². The molecule has 0 bridgehead atoms. The summed E-state index contributed by atoms with van der Waals surface area (Å²) in [6.07, 6.45) is 1.99. The van der Waals surface area contributed by atoms with Crippen LogP contribution in [0.5, 0.6) is 0 Å². The fraction of sp³-hybridized carbons (Fsp3) is 0.409. The molecule has 2 aromatic rings. The number of benzene rings is 2. The van der Waals surface area contributed by atoms with Crippen LogP contribution in [0, 0.1) is 0 Å². The normalized spacial score (nSPS) is 16.5. The lowest BCUT2D eigenvalue weighted by atomic mass is 9.87. The van der Waals surface area contributed by atoms with Gasteiger partial charge in [-0.3, -0.25) is 5.01 Å². The molecule has 0 spiro atoms. The van der Waals surface area contributed by atoms with E-state index in [-0.39, 0.29) is 5.41 Å². The first kappa shape index (κ1) is 17.7. The summed E-state index contributed by atoms with van der Waals surface area (Å²) in [7, 11) is 0. The summed E-state index contributed by atoms with van der Waals surface area (Å²) in [5.74, 6) is 0. The van der Waals surface area contributed by atoms with Crippen LogP contribution in [0.25, 0.3) is 0 Å². The maximum atomic E-state index is 4.68. The minimum atomic E-state index is 0.202. The predicted molar refractivity (Wildman–Crippen MR) is 105 cm³/mol. The van der Waals surface area contributed by atoms with E-state index in [1.807, 2.05) is 6.21 Å². The fourth-order valence-corrected chi connectivity index (χ4v) is 3.21. The van der Waals surface area contributed by atoms with Gasteiger partial charge >= 0.3 is 0 Å². The molecule has 1 heterocycles. The number of hydrogen-bond acceptors (Lipinski definition) is 2. The molecule has 0 atom stereocenters. The Morgan fingerprint density at radius 3 is 2.20 bits per heavy atom. The molecule has 25 heavy (non-hydrogen) atoms. The van der Waals surface area contributed by atoms with E-state index in [0.717, 1.165) is 32.7 Å². The van der Waals surface area contributed by atoms with E-state index in [2.05, 4.69) is 85.5 Å². The molecule has 1 aliphatic rings. The molecule has 0 unspecified atom stereocenters. The van der Waals surface area contributed by atoms with Crippen molar-refractivity contribution in [1.82, 2.24) is 5.01 Å². The van der Waals surface area contributed by atoms with Crippen molar-refractivity contribution < 1.29 is 4.90 Å². The highest BCUT2D eigenvalue weighted by molar-refractivity contribution is 5.79. The number of rotatable bonds is 4. The largest absolute Gasteiger partial charge is 0.328 e. The molecule has 132 valence electrons. The van der Waals surface area contributed by atoms with Gasteiger partial charge < -0.3 is 4.90 Å². The zero-order valence-corrected chi connectivity index (χ0v) is 15.7. The van der Waals surface area contributed by atoms with E-state index in [1.165, 1.54) is 16.7 Å². The van der Waals surface area contributed by atoms with Crippen LogP contribution in [-0.4, -0.2) is 37.4 Å². The van der Waals surface area contributed by atoms with Crippen molar-refractivity contribution in [3.8, 4) is 0 Å². The number of quaternary nitrogens is 1. The summed E-state index contributed by atoms with van der Waals surface area (Å²) in [4.78, 5) is 1.65. The monoisotopic (exact) mass is 336 g/mol. The zero-order chi connectivity index (χ0) is 17.7. The molecular weight excluding hydrogens is 306 g/mol. The maximum Gasteiger partial charge on any atom is 0.103 e. The molecule has 0 aliphatic carbocycles. The summed E-state index contributed by atoms with van der Waals surface area (Å²) in [5, 5.41) is 6.88. The molecule has 3 rings (SSSR count). The Morgan fingerprint density at radius 2 is 1.60 bits per heavy atom. The lowest BCUT2D eigenvalue weighted by Crippen LogP contribution is -3.13. The topological polar surface area (TPSA) is 20.0 Å². The van der Waals surface area contributed by atoms with Crippen LogP contribution in [0.1, 0.15) is 37.5 Å². The molecular formula is C22H30N3+. The second kappa shape index (κ2) is 7.83. The molecule has 0 amide bonds. The summed E-state index contributed by atoms with van der Waals surface area (Å²) < 4.78 is 0. The molecule has 2 aromatic carbocycles. The maximum absolute atomic E-state index is 4.68. The zero-order valence-electron chi connectivity index (χ0n) is 15.7. The third-order valence-corrected chi connectivity index (χ3v) is 4.89. The van der Waals surface area contributed by atoms with Crippen molar-refractivity contribution in [1.29, 1.82) is 0 Å². The van der Waals surface area contributed by atoms with Gasteiger partial charge in [-0.15, -0.1) is 0 Å². The van der Waals surface area contributed by atoms with Crippen molar-refractivity contribution in [3.05, 3.63) is 71.3 Å².